The molecular weight excluding hydrogens is 336 g/mol. The maximum Gasteiger partial charge on any atom is 0.230 e. The smallest absolute Gasteiger partial charge is 0.230 e. The molecule has 7 heteroatoms. The van der Waals surface area contributed by atoms with E-state index in [0.717, 1.165) is 11.6 Å². The number of carbonyl (C=O) groups is 1. The molecule has 2 aromatic heterocycles. The summed E-state index contributed by atoms with van der Waals surface area (Å²) >= 11 is 1.43. The molecular formula is C18H26N4O2S. The lowest BCUT2D eigenvalue weighted by Gasteiger charge is -2.29. The molecule has 25 heavy (non-hydrogen) atoms. The second-order valence-corrected chi connectivity index (χ2v) is 7.91. The number of thioether (sulfide) groups is 1. The van der Waals surface area contributed by atoms with Gasteiger partial charge in [-0.05, 0) is 44.7 Å². The summed E-state index contributed by atoms with van der Waals surface area (Å²) in [5.41, 5.74) is 0. The lowest BCUT2D eigenvalue weighted by Crippen LogP contribution is -2.41. The standard InChI is InChI=1S/C18H26N4O2S/c1-12(2)22-17(15-9-6-10-24-15)20-21-18(22)25-11-16(23)19-14-8-5-4-7-13(14)3/h6,9-10,12-14H,4-5,7-8,11H2,1-3H3,(H,19,23)/t13-,14+/m0/s1. The van der Waals surface area contributed by atoms with Gasteiger partial charge in [-0.1, -0.05) is 31.5 Å². The first-order valence-electron chi connectivity index (χ1n) is 8.97. The number of nitrogens with one attached hydrogen (secondary N) is 1. The molecule has 0 spiro atoms. The highest BCUT2D eigenvalue weighted by Gasteiger charge is 2.24. The molecule has 1 N–H and O–H groups in total. The molecule has 2 heterocycles. The minimum atomic E-state index is 0.0709. The van der Waals surface area contributed by atoms with E-state index in [0.29, 0.717) is 29.3 Å². The Morgan fingerprint density at radius 3 is 2.88 bits per heavy atom. The molecule has 3 rings (SSSR count). The summed E-state index contributed by atoms with van der Waals surface area (Å²) in [6.07, 6.45) is 6.39. The molecule has 0 saturated heterocycles. The third-order valence-corrected chi connectivity index (χ3v) is 5.66. The van der Waals surface area contributed by atoms with E-state index in [4.69, 9.17) is 4.42 Å². The fraction of sp³-hybridized carbons (Fsp3) is 0.611. The van der Waals surface area contributed by atoms with Crippen LogP contribution in [0.1, 0.15) is 52.5 Å². The molecule has 2 aromatic rings. The van der Waals surface area contributed by atoms with Crippen LogP contribution in [0, 0.1) is 5.92 Å². The van der Waals surface area contributed by atoms with Crippen molar-refractivity contribution in [3.05, 3.63) is 18.4 Å². The van der Waals surface area contributed by atoms with Crippen LogP contribution in [0.5, 0.6) is 0 Å². The zero-order chi connectivity index (χ0) is 17.8. The Morgan fingerprint density at radius 1 is 1.40 bits per heavy atom. The third kappa shape index (κ3) is 4.26. The summed E-state index contributed by atoms with van der Waals surface area (Å²) in [7, 11) is 0. The number of furan rings is 1. The van der Waals surface area contributed by atoms with Gasteiger partial charge < -0.3 is 9.73 Å². The van der Waals surface area contributed by atoms with Crippen molar-refractivity contribution in [2.75, 3.05) is 5.75 Å². The molecule has 0 aromatic carbocycles. The van der Waals surface area contributed by atoms with Crippen molar-refractivity contribution in [3.63, 3.8) is 0 Å². The van der Waals surface area contributed by atoms with Gasteiger partial charge in [-0.25, -0.2) is 0 Å². The summed E-state index contributed by atoms with van der Waals surface area (Å²) in [6, 6.07) is 4.19. The number of hydrogen-bond acceptors (Lipinski definition) is 5. The molecule has 1 aliphatic rings. The summed E-state index contributed by atoms with van der Waals surface area (Å²) in [5, 5.41) is 12.4. The molecule has 136 valence electrons. The van der Waals surface area contributed by atoms with Crippen LogP contribution in [0.25, 0.3) is 11.6 Å². The molecule has 1 amide bonds. The molecule has 6 nitrogen and oxygen atoms in total. The average Bonchev–Trinajstić information content (AvgIpc) is 3.24. The van der Waals surface area contributed by atoms with E-state index in [-0.39, 0.29) is 11.9 Å². The molecule has 1 saturated carbocycles. The van der Waals surface area contributed by atoms with Crippen LogP contribution in [0.4, 0.5) is 0 Å². The number of amides is 1. The van der Waals surface area contributed by atoms with Crippen LogP contribution in [0.15, 0.2) is 28.0 Å². The lowest BCUT2D eigenvalue weighted by atomic mass is 9.86. The topological polar surface area (TPSA) is 73.0 Å². The maximum absolute atomic E-state index is 12.3. The normalized spacial score (nSPS) is 20.8. The minimum Gasteiger partial charge on any atom is -0.461 e. The zero-order valence-corrected chi connectivity index (χ0v) is 15.9. The molecule has 1 aliphatic carbocycles. The highest BCUT2D eigenvalue weighted by Crippen LogP contribution is 2.28. The summed E-state index contributed by atoms with van der Waals surface area (Å²) < 4.78 is 7.46. The van der Waals surface area contributed by atoms with Crippen LogP contribution in [-0.2, 0) is 4.79 Å². The summed E-state index contributed by atoms with van der Waals surface area (Å²) in [6.45, 7) is 6.37. The van der Waals surface area contributed by atoms with Gasteiger partial charge in [0.1, 0.15) is 0 Å². The Morgan fingerprint density at radius 2 is 2.20 bits per heavy atom. The van der Waals surface area contributed by atoms with Crippen molar-refractivity contribution < 1.29 is 9.21 Å². The molecule has 2 atom stereocenters. The van der Waals surface area contributed by atoms with Gasteiger partial charge in [0.25, 0.3) is 0 Å². The maximum atomic E-state index is 12.3. The van der Waals surface area contributed by atoms with Crippen molar-refractivity contribution in [1.82, 2.24) is 20.1 Å². The van der Waals surface area contributed by atoms with E-state index in [1.807, 2.05) is 16.7 Å². The molecule has 0 bridgehead atoms. The van der Waals surface area contributed by atoms with Crippen LogP contribution >= 0.6 is 11.8 Å². The summed E-state index contributed by atoms with van der Waals surface area (Å²) in [5.74, 6) is 2.37. The monoisotopic (exact) mass is 362 g/mol. The van der Waals surface area contributed by atoms with E-state index >= 15 is 0 Å². The first kappa shape index (κ1) is 18.0. The van der Waals surface area contributed by atoms with Gasteiger partial charge in [0.05, 0.1) is 12.0 Å². The second-order valence-electron chi connectivity index (χ2n) is 6.97. The number of carbonyl (C=O) groups excluding carboxylic acids is 1. The number of nitrogens with zero attached hydrogens (tertiary/aromatic N) is 3. The van der Waals surface area contributed by atoms with E-state index < -0.39 is 0 Å². The Balaban J connectivity index is 1.64. The van der Waals surface area contributed by atoms with Gasteiger partial charge in [-0.15, -0.1) is 10.2 Å². The van der Waals surface area contributed by atoms with Crippen molar-refractivity contribution in [2.24, 2.45) is 5.92 Å². The van der Waals surface area contributed by atoms with E-state index in [9.17, 15) is 4.79 Å². The van der Waals surface area contributed by atoms with Gasteiger partial charge in [-0.3, -0.25) is 9.36 Å². The number of aromatic nitrogens is 3. The SMILES string of the molecule is CC(C)n1c(SCC(=O)N[C@@H]2CCCC[C@@H]2C)nnc1-c1ccco1. The Hall–Kier alpha value is -1.76. The van der Waals surface area contributed by atoms with Crippen molar-refractivity contribution >= 4 is 17.7 Å². The third-order valence-electron chi connectivity index (χ3n) is 4.71. The summed E-state index contributed by atoms with van der Waals surface area (Å²) in [4.78, 5) is 12.3. The molecule has 0 radical (unpaired) electrons. The zero-order valence-electron chi connectivity index (χ0n) is 15.1. The lowest BCUT2D eigenvalue weighted by molar-refractivity contribution is -0.119. The van der Waals surface area contributed by atoms with Gasteiger partial charge in [0.15, 0.2) is 10.9 Å². The average molecular weight is 362 g/mol. The Bertz CT molecular complexity index is 696. The largest absolute Gasteiger partial charge is 0.461 e. The fourth-order valence-corrected chi connectivity index (χ4v) is 4.20. The highest BCUT2D eigenvalue weighted by atomic mass is 32.2. The minimum absolute atomic E-state index is 0.0709. The van der Waals surface area contributed by atoms with Crippen molar-refractivity contribution in [2.45, 2.75) is 63.7 Å². The Kier molecular flexibility index (Phi) is 5.83. The van der Waals surface area contributed by atoms with Gasteiger partial charge in [-0.2, -0.15) is 0 Å². The van der Waals surface area contributed by atoms with E-state index in [2.05, 4.69) is 36.3 Å². The van der Waals surface area contributed by atoms with Crippen LogP contribution in [0.2, 0.25) is 0 Å². The van der Waals surface area contributed by atoms with Crippen LogP contribution in [-0.4, -0.2) is 32.5 Å². The molecule has 0 aliphatic heterocycles. The molecule has 0 unspecified atom stereocenters. The van der Waals surface area contributed by atoms with Crippen molar-refractivity contribution in [1.29, 1.82) is 0 Å². The predicted molar refractivity (Wildman–Crippen MR) is 98.4 cm³/mol. The van der Waals surface area contributed by atoms with Crippen LogP contribution in [0.3, 0.4) is 0 Å². The first-order chi connectivity index (χ1) is 12.1. The number of rotatable bonds is 6. The predicted octanol–water partition coefficient (Wildman–Crippen LogP) is 3.91. The molecule has 1 fully saturated rings. The second kappa shape index (κ2) is 8.08. The van der Waals surface area contributed by atoms with E-state index in [1.54, 1.807) is 6.26 Å². The van der Waals surface area contributed by atoms with E-state index in [1.165, 1.54) is 31.0 Å². The van der Waals surface area contributed by atoms with Gasteiger partial charge in [0.2, 0.25) is 11.7 Å². The highest BCUT2D eigenvalue weighted by molar-refractivity contribution is 7.99. The first-order valence-corrected chi connectivity index (χ1v) is 9.95. The quantitative estimate of drug-likeness (QED) is 0.789. The van der Waals surface area contributed by atoms with Crippen molar-refractivity contribution in [3.8, 4) is 11.6 Å². The Labute approximate surface area is 152 Å². The van der Waals surface area contributed by atoms with Gasteiger partial charge >= 0.3 is 0 Å². The number of hydrogen-bond donors (Lipinski definition) is 1. The van der Waals surface area contributed by atoms with Gasteiger partial charge in [0, 0.05) is 12.1 Å². The van der Waals surface area contributed by atoms with Crippen LogP contribution < -0.4 is 5.32 Å². The fourth-order valence-electron chi connectivity index (χ4n) is 3.32.